The van der Waals surface area contributed by atoms with Gasteiger partial charge in [0.15, 0.2) is 0 Å². The quantitative estimate of drug-likeness (QED) is 0.547. The number of anilines is 1. The van der Waals surface area contributed by atoms with Gasteiger partial charge < -0.3 is 9.64 Å². The highest BCUT2D eigenvalue weighted by Crippen LogP contribution is 2.22. The van der Waals surface area contributed by atoms with E-state index in [0.717, 1.165) is 5.41 Å². The Labute approximate surface area is 187 Å². The molecule has 0 aliphatic heterocycles. The van der Waals surface area contributed by atoms with Gasteiger partial charge in [0, 0.05) is 25.4 Å². The molecule has 0 fully saturated rings. The van der Waals surface area contributed by atoms with Crippen LogP contribution in [0.3, 0.4) is 0 Å². The number of hydrogen-bond acceptors (Lipinski definition) is 5. The summed E-state index contributed by atoms with van der Waals surface area (Å²) in [5.74, 6) is -3.35. The largest absolute Gasteiger partial charge is 0.385 e. The number of rotatable bonds is 10. The molecule has 1 N–H and O–H groups in total. The van der Waals surface area contributed by atoms with Gasteiger partial charge in [-0.1, -0.05) is 30.3 Å². The second kappa shape index (κ2) is 11.5. The number of benzene rings is 2. The van der Waals surface area contributed by atoms with E-state index in [1.165, 1.54) is 42.4 Å². The summed E-state index contributed by atoms with van der Waals surface area (Å²) >= 11 is 0. The van der Waals surface area contributed by atoms with Gasteiger partial charge in [-0.25, -0.2) is 17.5 Å². The second-order valence-corrected chi connectivity index (χ2v) is 8.90. The Morgan fingerprint density at radius 2 is 1.72 bits per heavy atom. The van der Waals surface area contributed by atoms with Crippen LogP contribution >= 0.6 is 0 Å². The molecule has 0 aliphatic carbocycles. The zero-order valence-corrected chi connectivity index (χ0v) is 19.0. The van der Waals surface area contributed by atoms with Gasteiger partial charge in [-0.3, -0.25) is 9.59 Å². The first-order chi connectivity index (χ1) is 15.1. The number of amides is 2. The molecule has 2 aromatic rings. The molecule has 0 radical (unpaired) electrons. The Bertz CT molecular complexity index is 1040. The third-order valence-electron chi connectivity index (χ3n) is 4.57. The molecule has 9 heteroatoms. The van der Waals surface area contributed by atoms with Crippen molar-refractivity contribution < 1.29 is 27.1 Å². The minimum Gasteiger partial charge on any atom is -0.385 e. The summed E-state index contributed by atoms with van der Waals surface area (Å²) in [5.41, 5.74) is 1.04. The molecule has 0 heterocycles. The molecule has 2 rings (SSSR count). The van der Waals surface area contributed by atoms with Crippen LogP contribution in [0.2, 0.25) is 0 Å². The number of hydrogen-bond donors (Lipinski definition) is 1. The molecular formula is C23H27FN2O5S. The molecule has 7 nitrogen and oxygen atoms in total. The molecule has 0 saturated carbocycles. The number of sulfonamides is 1. The zero-order chi connectivity index (χ0) is 23.7. The SMILES string of the molecule is COCCC(C(=O)NS(=O)(=O)C=Cc1ccccc1)C(=O)N(c1ccc(F)cc1)C(C)C. The van der Waals surface area contributed by atoms with Gasteiger partial charge in [-0.15, -0.1) is 0 Å². The smallest absolute Gasteiger partial charge is 0.257 e. The van der Waals surface area contributed by atoms with Crippen LogP contribution in [0.4, 0.5) is 10.1 Å². The van der Waals surface area contributed by atoms with Crippen molar-refractivity contribution in [2.45, 2.75) is 26.3 Å². The maximum absolute atomic E-state index is 13.3. The van der Waals surface area contributed by atoms with E-state index in [4.69, 9.17) is 4.74 Å². The Hall–Kier alpha value is -3.04. The lowest BCUT2D eigenvalue weighted by molar-refractivity contribution is -0.133. The van der Waals surface area contributed by atoms with Crippen molar-refractivity contribution in [3.8, 4) is 0 Å². The Kier molecular flexibility index (Phi) is 9.10. The summed E-state index contributed by atoms with van der Waals surface area (Å²) in [7, 11) is -2.72. The van der Waals surface area contributed by atoms with Crippen LogP contribution in [0.15, 0.2) is 60.0 Å². The monoisotopic (exact) mass is 462 g/mol. The lowest BCUT2D eigenvalue weighted by Gasteiger charge is -2.30. The molecule has 0 bridgehead atoms. The Morgan fingerprint density at radius 3 is 2.28 bits per heavy atom. The van der Waals surface area contributed by atoms with E-state index < -0.39 is 33.6 Å². The molecule has 0 aromatic heterocycles. The average Bonchev–Trinajstić information content (AvgIpc) is 2.74. The lowest BCUT2D eigenvalue weighted by Crippen LogP contribution is -2.47. The van der Waals surface area contributed by atoms with Crippen molar-refractivity contribution in [2.24, 2.45) is 5.92 Å². The van der Waals surface area contributed by atoms with Crippen molar-refractivity contribution in [1.29, 1.82) is 0 Å². The predicted octanol–water partition coefficient (Wildman–Crippen LogP) is 3.34. The van der Waals surface area contributed by atoms with E-state index >= 15 is 0 Å². The first-order valence-corrected chi connectivity index (χ1v) is 11.6. The minimum atomic E-state index is -4.14. The number of halogens is 1. The highest BCUT2D eigenvalue weighted by Gasteiger charge is 2.34. The van der Waals surface area contributed by atoms with E-state index in [1.807, 2.05) is 4.72 Å². The first kappa shape index (κ1) is 25.2. The Balaban J connectivity index is 2.26. The van der Waals surface area contributed by atoms with Gasteiger partial charge >= 0.3 is 0 Å². The van der Waals surface area contributed by atoms with Crippen molar-refractivity contribution in [3.05, 3.63) is 71.4 Å². The standard InChI is InChI=1S/C23H27FN2O5S/c1-17(2)26(20-11-9-19(24)10-12-20)23(28)21(13-15-31-3)22(27)25-32(29,30)16-14-18-7-5-4-6-8-18/h4-12,14,16-17,21H,13,15H2,1-3H3,(H,25,27). The van der Waals surface area contributed by atoms with Crippen molar-refractivity contribution in [2.75, 3.05) is 18.6 Å². The molecule has 1 unspecified atom stereocenters. The molecule has 172 valence electrons. The predicted molar refractivity (Wildman–Crippen MR) is 122 cm³/mol. The second-order valence-electron chi connectivity index (χ2n) is 7.34. The maximum atomic E-state index is 13.3. The van der Waals surface area contributed by atoms with Crippen LogP contribution in [-0.2, 0) is 24.3 Å². The van der Waals surface area contributed by atoms with E-state index in [-0.39, 0.29) is 19.1 Å². The topological polar surface area (TPSA) is 92.8 Å². The van der Waals surface area contributed by atoms with E-state index in [1.54, 1.807) is 44.2 Å². The summed E-state index contributed by atoms with van der Waals surface area (Å²) in [6.07, 6.45) is 1.32. The van der Waals surface area contributed by atoms with Gasteiger partial charge in [-0.2, -0.15) is 0 Å². The number of carbonyl (C=O) groups is 2. The van der Waals surface area contributed by atoms with E-state index in [2.05, 4.69) is 0 Å². The molecule has 2 aromatic carbocycles. The highest BCUT2D eigenvalue weighted by molar-refractivity contribution is 7.93. The molecular weight excluding hydrogens is 435 g/mol. The van der Waals surface area contributed by atoms with Crippen molar-refractivity contribution in [1.82, 2.24) is 4.72 Å². The van der Waals surface area contributed by atoms with Gasteiger partial charge in [0.1, 0.15) is 11.7 Å². The molecule has 1 atom stereocenters. The third kappa shape index (κ3) is 7.28. The van der Waals surface area contributed by atoms with E-state index in [0.29, 0.717) is 11.3 Å². The molecule has 0 aliphatic rings. The number of carbonyl (C=O) groups excluding carboxylic acids is 2. The van der Waals surface area contributed by atoms with Gasteiger partial charge in [-0.05, 0) is 56.2 Å². The number of methoxy groups -OCH3 is 1. The molecule has 0 spiro atoms. The molecule has 2 amide bonds. The van der Waals surface area contributed by atoms with Crippen LogP contribution in [0.1, 0.15) is 25.8 Å². The fourth-order valence-corrected chi connectivity index (χ4v) is 3.86. The van der Waals surface area contributed by atoms with Crippen molar-refractivity contribution in [3.63, 3.8) is 0 Å². The normalized spacial score (nSPS) is 12.7. The number of nitrogens with zero attached hydrogens (tertiary/aromatic N) is 1. The van der Waals surface area contributed by atoms with Crippen LogP contribution < -0.4 is 9.62 Å². The minimum absolute atomic E-state index is 0.0243. The summed E-state index contributed by atoms with van der Waals surface area (Å²) < 4.78 is 45.1. The Morgan fingerprint density at radius 1 is 1.09 bits per heavy atom. The fraction of sp³-hybridized carbons (Fsp3) is 0.304. The maximum Gasteiger partial charge on any atom is 0.257 e. The average molecular weight is 463 g/mol. The van der Waals surface area contributed by atoms with Crippen LogP contribution in [0.25, 0.3) is 6.08 Å². The summed E-state index contributed by atoms with van der Waals surface area (Å²) in [4.78, 5) is 27.5. The molecule has 0 saturated heterocycles. The van der Waals surface area contributed by atoms with E-state index in [9.17, 15) is 22.4 Å². The summed E-state index contributed by atoms with van der Waals surface area (Å²) in [5, 5.41) is 0.873. The lowest BCUT2D eigenvalue weighted by atomic mass is 10.0. The third-order valence-corrected chi connectivity index (χ3v) is 5.55. The first-order valence-electron chi connectivity index (χ1n) is 10.0. The number of nitrogens with one attached hydrogen (secondary N) is 1. The van der Waals surface area contributed by atoms with Gasteiger partial charge in [0.2, 0.25) is 11.8 Å². The van der Waals surface area contributed by atoms with Gasteiger partial charge in [0.05, 0.1) is 5.41 Å². The number of ether oxygens (including phenoxy) is 1. The highest BCUT2D eigenvalue weighted by atomic mass is 32.2. The summed E-state index contributed by atoms with van der Waals surface area (Å²) in [6, 6.07) is 13.6. The van der Waals surface area contributed by atoms with Crippen LogP contribution in [0.5, 0.6) is 0 Å². The summed E-state index contributed by atoms with van der Waals surface area (Å²) in [6.45, 7) is 3.55. The van der Waals surface area contributed by atoms with Crippen LogP contribution in [0, 0.1) is 11.7 Å². The zero-order valence-electron chi connectivity index (χ0n) is 18.2. The van der Waals surface area contributed by atoms with Gasteiger partial charge in [0.25, 0.3) is 10.0 Å². The van der Waals surface area contributed by atoms with Crippen molar-refractivity contribution >= 4 is 33.6 Å². The molecule has 32 heavy (non-hydrogen) atoms. The fourth-order valence-electron chi connectivity index (χ4n) is 3.03. The van der Waals surface area contributed by atoms with Crippen LogP contribution in [-0.4, -0.2) is 40.0 Å².